The number of carbonyl (C=O) groups is 1. The van der Waals surface area contributed by atoms with Crippen molar-refractivity contribution < 1.29 is 4.79 Å². The Morgan fingerprint density at radius 1 is 1.23 bits per heavy atom. The number of allylic oxidation sites excluding steroid dienone is 2. The molecule has 1 aromatic carbocycles. The quantitative estimate of drug-likeness (QED) is 0.772. The third-order valence-corrected chi connectivity index (χ3v) is 5.16. The Kier molecular flexibility index (Phi) is 4.32. The summed E-state index contributed by atoms with van der Waals surface area (Å²) in [5, 5.41) is 10.2. The van der Waals surface area contributed by atoms with E-state index in [1.165, 1.54) is 0 Å². The van der Waals surface area contributed by atoms with Crippen molar-refractivity contribution >= 4 is 23.1 Å². The number of aromatic nitrogens is 1. The first-order valence-electron chi connectivity index (χ1n) is 8.46. The Morgan fingerprint density at radius 3 is 2.73 bits per heavy atom. The molecule has 0 N–H and O–H groups in total. The number of nitriles is 1. The van der Waals surface area contributed by atoms with Gasteiger partial charge < -0.3 is 4.90 Å². The van der Waals surface area contributed by atoms with Gasteiger partial charge >= 0.3 is 0 Å². The molecule has 0 aliphatic carbocycles. The van der Waals surface area contributed by atoms with Crippen LogP contribution in [0.15, 0.2) is 66.9 Å². The second kappa shape index (κ2) is 6.78. The second-order valence-electron chi connectivity index (χ2n) is 6.41. The minimum atomic E-state index is -0.399. The number of nitrogens with zero attached hydrogens (tertiary/aromatic N) is 3. The van der Waals surface area contributed by atoms with Gasteiger partial charge in [-0.15, -0.1) is 0 Å². The van der Waals surface area contributed by atoms with Crippen molar-refractivity contribution in [1.82, 2.24) is 9.88 Å². The number of benzene rings is 1. The van der Waals surface area contributed by atoms with E-state index in [0.717, 1.165) is 11.4 Å². The van der Waals surface area contributed by atoms with Crippen LogP contribution in [0.1, 0.15) is 22.5 Å². The molecule has 0 unspecified atom stereocenters. The minimum Gasteiger partial charge on any atom is -0.352 e. The topological polar surface area (TPSA) is 57.0 Å². The fraction of sp³-hybridized carbons (Fsp3) is 0.190. The first-order valence-corrected chi connectivity index (χ1v) is 8.84. The molecule has 0 bridgehead atoms. The fourth-order valence-corrected chi connectivity index (χ4v) is 3.82. The van der Waals surface area contributed by atoms with E-state index >= 15 is 0 Å². The lowest BCUT2D eigenvalue weighted by molar-refractivity contribution is 0.0900. The Balaban J connectivity index is 1.74. The standard InChI is InChI=1S/C21H16ClN3O/c22-16-9-7-14(8-10-16)21(26)20-12-15(13-23)18-5-3-6-19(25(18)20)17-4-1-2-11-24-17/h1-11,15,18,20H,12H2/t15-,18+,20+/m0/s1. The van der Waals surface area contributed by atoms with Gasteiger partial charge in [-0.05, 0) is 48.9 Å². The molecule has 2 aromatic rings. The first-order chi connectivity index (χ1) is 12.7. The van der Waals surface area contributed by atoms with Crippen molar-refractivity contribution in [2.24, 2.45) is 5.92 Å². The smallest absolute Gasteiger partial charge is 0.185 e. The third-order valence-electron chi connectivity index (χ3n) is 4.91. The van der Waals surface area contributed by atoms with Crippen LogP contribution in [0.25, 0.3) is 5.70 Å². The largest absolute Gasteiger partial charge is 0.352 e. The van der Waals surface area contributed by atoms with Crippen molar-refractivity contribution in [3.05, 3.63) is 83.2 Å². The molecule has 1 aromatic heterocycles. The summed E-state index contributed by atoms with van der Waals surface area (Å²) < 4.78 is 0. The molecule has 1 fully saturated rings. The third kappa shape index (κ3) is 2.81. The molecule has 128 valence electrons. The number of halogens is 1. The maximum absolute atomic E-state index is 13.2. The molecule has 3 heterocycles. The van der Waals surface area contributed by atoms with Gasteiger partial charge in [0.2, 0.25) is 0 Å². The van der Waals surface area contributed by atoms with E-state index in [0.29, 0.717) is 17.0 Å². The number of hydrogen-bond donors (Lipinski definition) is 0. The summed E-state index contributed by atoms with van der Waals surface area (Å²) in [6.45, 7) is 0. The lowest BCUT2D eigenvalue weighted by atomic mass is 9.97. The van der Waals surface area contributed by atoms with Gasteiger partial charge in [-0.2, -0.15) is 5.26 Å². The SMILES string of the molecule is N#C[C@@H]1C[C@H](C(=O)c2ccc(Cl)cc2)N2C(c3ccccn3)=CC=C[C@H]12. The van der Waals surface area contributed by atoms with Crippen molar-refractivity contribution in [2.75, 3.05) is 0 Å². The molecule has 0 radical (unpaired) electrons. The molecule has 0 amide bonds. The number of ketones is 1. The zero-order valence-corrected chi connectivity index (χ0v) is 14.7. The molecular weight excluding hydrogens is 346 g/mol. The molecular formula is C21H16ClN3O. The lowest BCUT2D eigenvalue weighted by Crippen LogP contribution is -2.40. The molecule has 2 aliphatic rings. The number of hydrogen-bond acceptors (Lipinski definition) is 4. The molecule has 0 saturated carbocycles. The number of carbonyl (C=O) groups excluding carboxylic acids is 1. The van der Waals surface area contributed by atoms with E-state index in [1.54, 1.807) is 30.5 Å². The van der Waals surface area contributed by atoms with Gasteiger partial charge in [-0.25, -0.2) is 0 Å². The molecule has 26 heavy (non-hydrogen) atoms. The predicted molar refractivity (Wildman–Crippen MR) is 100 cm³/mol. The highest BCUT2D eigenvalue weighted by Crippen LogP contribution is 2.40. The first kappa shape index (κ1) is 16.6. The highest BCUT2D eigenvalue weighted by atomic mass is 35.5. The van der Waals surface area contributed by atoms with Gasteiger partial charge in [0, 0.05) is 16.8 Å². The summed E-state index contributed by atoms with van der Waals surface area (Å²) in [5.74, 6) is -0.235. The number of Topliss-reactive ketones (excluding diaryl/α,β-unsaturated/α-hetero) is 1. The van der Waals surface area contributed by atoms with Crippen LogP contribution in [-0.2, 0) is 0 Å². The zero-order chi connectivity index (χ0) is 18.1. The van der Waals surface area contributed by atoms with Gasteiger partial charge in [0.05, 0.1) is 35.5 Å². The van der Waals surface area contributed by atoms with Crippen molar-refractivity contribution in [3.63, 3.8) is 0 Å². The van der Waals surface area contributed by atoms with Crippen LogP contribution in [-0.4, -0.2) is 27.8 Å². The van der Waals surface area contributed by atoms with Crippen LogP contribution in [0, 0.1) is 17.2 Å². The Hall–Kier alpha value is -2.90. The molecule has 1 saturated heterocycles. The lowest BCUT2D eigenvalue weighted by Gasteiger charge is -2.34. The van der Waals surface area contributed by atoms with E-state index in [1.807, 2.05) is 41.3 Å². The summed E-state index contributed by atoms with van der Waals surface area (Å²) in [4.78, 5) is 19.7. The van der Waals surface area contributed by atoms with Crippen LogP contribution in [0.5, 0.6) is 0 Å². The van der Waals surface area contributed by atoms with Gasteiger partial charge in [-0.3, -0.25) is 9.78 Å². The van der Waals surface area contributed by atoms with Crippen molar-refractivity contribution in [3.8, 4) is 6.07 Å². The fourth-order valence-electron chi connectivity index (χ4n) is 3.70. The summed E-state index contributed by atoms with van der Waals surface area (Å²) in [7, 11) is 0. The maximum Gasteiger partial charge on any atom is 0.185 e. The normalized spacial score (nSPS) is 23.9. The van der Waals surface area contributed by atoms with Gasteiger partial charge in [0.1, 0.15) is 0 Å². The molecule has 4 nitrogen and oxygen atoms in total. The molecule has 4 rings (SSSR count). The molecule has 5 heteroatoms. The number of rotatable bonds is 3. The average Bonchev–Trinajstić information content (AvgIpc) is 3.07. The zero-order valence-electron chi connectivity index (χ0n) is 13.9. The Bertz CT molecular complexity index is 928. The van der Waals surface area contributed by atoms with Crippen LogP contribution < -0.4 is 0 Å². The average molecular weight is 362 g/mol. The summed E-state index contributed by atoms with van der Waals surface area (Å²) in [6, 6.07) is 14.5. The van der Waals surface area contributed by atoms with Crippen LogP contribution in [0.3, 0.4) is 0 Å². The second-order valence-corrected chi connectivity index (χ2v) is 6.84. The van der Waals surface area contributed by atoms with Gasteiger partial charge in [0.15, 0.2) is 5.78 Å². The minimum absolute atomic E-state index is 0.00143. The van der Waals surface area contributed by atoms with E-state index in [-0.39, 0.29) is 17.7 Å². The molecule has 2 aliphatic heterocycles. The maximum atomic E-state index is 13.2. The summed E-state index contributed by atoms with van der Waals surface area (Å²) in [5.41, 5.74) is 2.28. The van der Waals surface area contributed by atoms with E-state index in [4.69, 9.17) is 11.6 Å². The van der Waals surface area contributed by atoms with Gasteiger partial charge in [-0.1, -0.05) is 29.8 Å². The van der Waals surface area contributed by atoms with Gasteiger partial charge in [0.25, 0.3) is 0 Å². The van der Waals surface area contributed by atoms with Crippen molar-refractivity contribution in [2.45, 2.75) is 18.5 Å². The summed E-state index contributed by atoms with van der Waals surface area (Å²) in [6.07, 6.45) is 8.13. The summed E-state index contributed by atoms with van der Waals surface area (Å²) >= 11 is 5.94. The van der Waals surface area contributed by atoms with Crippen molar-refractivity contribution in [1.29, 1.82) is 5.26 Å². The Labute approximate surface area is 157 Å². The van der Waals surface area contributed by atoms with Crippen LogP contribution >= 0.6 is 11.6 Å². The van der Waals surface area contributed by atoms with E-state index in [2.05, 4.69) is 11.1 Å². The van der Waals surface area contributed by atoms with Crippen LogP contribution in [0.4, 0.5) is 0 Å². The monoisotopic (exact) mass is 361 g/mol. The highest BCUT2D eigenvalue weighted by Gasteiger charge is 2.45. The van der Waals surface area contributed by atoms with E-state index in [9.17, 15) is 10.1 Å². The number of pyridine rings is 1. The molecule has 3 atom stereocenters. The highest BCUT2D eigenvalue weighted by molar-refractivity contribution is 6.30. The van der Waals surface area contributed by atoms with Crippen LogP contribution in [0.2, 0.25) is 5.02 Å². The number of fused-ring (bicyclic) bond motifs is 1. The predicted octanol–water partition coefficient (Wildman–Crippen LogP) is 4.11. The Morgan fingerprint density at radius 2 is 2.04 bits per heavy atom. The molecule has 0 spiro atoms. The van der Waals surface area contributed by atoms with E-state index < -0.39 is 6.04 Å².